The Morgan fingerprint density at radius 1 is 1.33 bits per heavy atom. The van der Waals surface area contributed by atoms with Gasteiger partial charge in [-0.15, -0.1) is 0 Å². The number of aryl methyl sites for hydroxylation is 1. The second kappa shape index (κ2) is 3.38. The van der Waals surface area contributed by atoms with Crippen molar-refractivity contribution in [3.05, 3.63) is 35.4 Å². The topological polar surface area (TPSA) is 49.4 Å². The summed E-state index contributed by atoms with van der Waals surface area (Å²) >= 11 is 0. The Bertz CT molecular complexity index is 428. The van der Waals surface area contributed by atoms with Crippen LogP contribution in [0.2, 0.25) is 0 Å². The molecule has 0 spiro atoms. The number of likely N-dealkylation sites (N-methyl/N-ethyl adjacent to an activating group) is 1. The monoisotopic (exact) mass is 204 g/mol. The summed E-state index contributed by atoms with van der Waals surface area (Å²) in [4.78, 5) is 24.2. The molecule has 1 aliphatic heterocycles. The summed E-state index contributed by atoms with van der Waals surface area (Å²) in [7, 11) is 1.62. The zero-order valence-electron chi connectivity index (χ0n) is 8.65. The molecular weight excluding hydrogens is 192 g/mol. The first kappa shape index (κ1) is 9.71. The molecular formula is C11H12N2O2. The van der Waals surface area contributed by atoms with Gasteiger partial charge in [-0.1, -0.05) is 29.8 Å². The molecule has 1 aromatic carbocycles. The number of hydrogen-bond acceptors (Lipinski definition) is 2. The SMILES string of the molecule is Cc1cccc(C2C(=O)NC(=O)N2C)c1. The highest BCUT2D eigenvalue weighted by molar-refractivity contribution is 6.04. The van der Waals surface area contributed by atoms with E-state index in [1.807, 2.05) is 31.2 Å². The van der Waals surface area contributed by atoms with Gasteiger partial charge in [0, 0.05) is 7.05 Å². The van der Waals surface area contributed by atoms with E-state index in [-0.39, 0.29) is 11.9 Å². The summed E-state index contributed by atoms with van der Waals surface area (Å²) in [6.07, 6.45) is 0. The lowest BCUT2D eigenvalue weighted by Crippen LogP contribution is -2.25. The van der Waals surface area contributed by atoms with Crippen LogP contribution >= 0.6 is 0 Å². The third kappa shape index (κ3) is 1.58. The minimum Gasteiger partial charge on any atom is -0.311 e. The van der Waals surface area contributed by atoms with E-state index in [1.54, 1.807) is 7.05 Å². The van der Waals surface area contributed by atoms with Crippen LogP contribution in [0.3, 0.4) is 0 Å². The minimum absolute atomic E-state index is 0.256. The number of nitrogens with zero attached hydrogens (tertiary/aromatic N) is 1. The zero-order chi connectivity index (χ0) is 11.0. The lowest BCUT2D eigenvalue weighted by Gasteiger charge is -2.16. The van der Waals surface area contributed by atoms with Crippen molar-refractivity contribution in [3.8, 4) is 0 Å². The van der Waals surface area contributed by atoms with Gasteiger partial charge in [0.2, 0.25) is 0 Å². The van der Waals surface area contributed by atoms with E-state index in [0.717, 1.165) is 11.1 Å². The Labute approximate surface area is 87.9 Å². The van der Waals surface area contributed by atoms with E-state index in [1.165, 1.54) is 4.90 Å². The van der Waals surface area contributed by atoms with E-state index in [0.29, 0.717) is 0 Å². The van der Waals surface area contributed by atoms with Gasteiger partial charge >= 0.3 is 6.03 Å². The largest absolute Gasteiger partial charge is 0.324 e. The number of hydrogen-bond donors (Lipinski definition) is 1. The van der Waals surface area contributed by atoms with Gasteiger partial charge < -0.3 is 4.90 Å². The molecule has 3 amide bonds. The molecule has 1 heterocycles. The van der Waals surface area contributed by atoms with Gasteiger partial charge in [0.15, 0.2) is 0 Å². The number of carbonyl (C=O) groups is 2. The van der Waals surface area contributed by atoms with Crippen LogP contribution in [0.25, 0.3) is 0 Å². The lowest BCUT2D eigenvalue weighted by molar-refractivity contribution is -0.121. The summed E-state index contributed by atoms with van der Waals surface area (Å²) in [5, 5.41) is 2.28. The summed E-state index contributed by atoms with van der Waals surface area (Å²) < 4.78 is 0. The number of rotatable bonds is 1. The van der Waals surface area contributed by atoms with Crippen LogP contribution in [0.1, 0.15) is 17.2 Å². The molecule has 1 atom stereocenters. The fraction of sp³-hybridized carbons (Fsp3) is 0.273. The predicted octanol–water partition coefficient (Wildman–Crippen LogP) is 1.22. The first-order chi connectivity index (χ1) is 7.09. The van der Waals surface area contributed by atoms with E-state index >= 15 is 0 Å². The number of carbonyl (C=O) groups excluding carboxylic acids is 2. The third-order valence-electron chi connectivity index (χ3n) is 2.54. The Kier molecular flexibility index (Phi) is 2.19. The van der Waals surface area contributed by atoms with Gasteiger partial charge in [-0.3, -0.25) is 10.1 Å². The Balaban J connectivity index is 2.39. The van der Waals surface area contributed by atoms with Crippen molar-refractivity contribution >= 4 is 11.9 Å². The molecule has 1 aromatic rings. The number of urea groups is 1. The van der Waals surface area contributed by atoms with Crippen molar-refractivity contribution in [2.45, 2.75) is 13.0 Å². The highest BCUT2D eigenvalue weighted by atomic mass is 16.2. The maximum atomic E-state index is 11.5. The van der Waals surface area contributed by atoms with Crippen LogP contribution in [0.4, 0.5) is 4.79 Å². The molecule has 1 fully saturated rings. The molecule has 78 valence electrons. The molecule has 0 saturated carbocycles. The molecule has 4 nitrogen and oxygen atoms in total. The fourth-order valence-electron chi connectivity index (χ4n) is 1.77. The third-order valence-corrected chi connectivity index (χ3v) is 2.54. The lowest BCUT2D eigenvalue weighted by atomic mass is 10.0. The predicted molar refractivity (Wildman–Crippen MR) is 55.2 cm³/mol. The highest BCUT2D eigenvalue weighted by Crippen LogP contribution is 2.24. The Morgan fingerprint density at radius 3 is 2.60 bits per heavy atom. The summed E-state index contributed by atoms with van der Waals surface area (Å²) in [5.41, 5.74) is 1.92. The van der Waals surface area contributed by atoms with Crippen molar-refractivity contribution in [2.75, 3.05) is 7.05 Å². The van der Waals surface area contributed by atoms with Gasteiger partial charge in [-0.25, -0.2) is 4.79 Å². The summed E-state index contributed by atoms with van der Waals surface area (Å²) in [6.45, 7) is 1.96. The van der Waals surface area contributed by atoms with Gasteiger partial charge in [0.05, 0.1) is 0 Å². The first-order valence-corrected chi connectivity index (χ1v) is 4.74. The van der Waals surface area contributed by atoms with Crippen molar-refractivity contribution in [2.24, 2.45) is 0 Å². The maximum Gasteiger partial charge on any atom is 0.324 e. The molecule has 1 unspecified atom stereocenters. The number of nitrogens with one attached hydrogen (secondary N) is 1. The smallest absolute Gasteiger partial charge is 0.311 e. The molecule has 4 heteroatoms. The molecule has 0 radical (unpaired) electrons. The van der Waals surface area contributed by atoms with Gasteiger partial charge in [0.25, 0.3) is 5.91 Å². The minimum atomic E-state index is -0.489. The van der Waals surface area contributed by atoms with E-state index < -0.39 is 6.04 Å². The highest BCUT2D eigenvalue weighted by Gasteiger charge is 2.36. The van der Waals surface area contributed by atoms with Crippen molar-refractivity contribution in [1.82, 2.24) is 10.2 Å². The molecule has 1 N–H and O–H groups in total. The first-order valence-electron chi connectivity index (χ1n) is 4.74. The maximum absolute atomic E-state index is 11.5. The van der Waals surface area contributed by atoms with E-state index in [9.17, 15) is 9.59 Å². The van der Waals surface area contributed by atoms with Gasteiger partial charge in [-0.05, 0) is 12.5 Å². The summed E-state index contributed by atoms with van der Waals surface area (Å²) in [6, 6.07) is 6.78. The number of amides is 3. The van der Waals surface area contributed by atoms with Crippen molar-refractivity contribution in [3.63, 3.8) is 0 Å². The average molecular weight is 204 g/mol. The van der Waals surface area contributed by atoms with E-state index in [2.05, 4.69) is 5.32 Å². The summed E-state index contributed by atoms with van der Waals surface area (Å²) in [5.74, 6) is -0.256. The average Bonchev–Trinajstić information content (AvgIpc) is 2.41. The van der Waals surface area contributed by atoms with Crippen LogP contribution in [-0.2, 0) is 4.79 Å². The molecule has 0 aromatic heterocycles. The van der Waals surface area contributed by atoms with Crippen molar-refractivity contribution in [1.29, 1.82) is 0 Å². The van der Waals surface area contributed by atoms with Gasteiger partial charge in [0.1, 0.15) is 6.04 Å². The molecule has 2 rings (SSSR count). The molecule has 0 aliphatic carbocycles. The number of benzene rings is 1. The van der Waals surface area contributed by atoms with E-state index in [4.69, 9.17) is 0 Å². The normalized spacial score (nSPS) is 20.7. The molecule has 0 bridgehead atoms. The quantitative estimate of drug-likeness (QED) is 0.699. The van der Waals surface area contributed by atoms with Crippen LogP contribution < -0.4 is 5.32 Å². The van der Waals surface area contributed by atoms with Crippen LogP contribution in [0, 0.1) is 6.92 Å². The van der Waals surface area contributed by atoms with Gasteiger partial charge in [-0.2, -0.15) is 0 Å². The van der Waals surface area contributed by atoms with Crippen LogP contribution in [0.15, 0.2) is 24.3 Å². The fourth-order valence-corrected chi connectivity index (χ4v) is 1.77. The van der Waals surface area contributed by atoms with Crippen molar-refractivity contribution < 1.29 is 9.59 Å². The molecule has 1 aliphatic rings. The van der Waals surface area contributed by atoms with Crippen LogP contribution in [0.5, 0.6) is 0 Å². The second-order valence-electron chi connectivity index (χ2n) is 3.72. The molecule has 1 saturated heterocycles. The van der Waals surface area contributed by atoms with Crippen LogP contribution in [-0.4, -0.2) is 23.9 Å². The Hall–Kier alpha value is -1.84. The number of imide groups is 1. The Morgan fingerprint density at radius 2 is 2.07 bits per heavy atom. The zero-order valence-corrected chi connectivity index (χ0v) is 8.65. The molecule has 15 heavy (non-hydrogen) atoms. The standard InChI is InChI=1S/C11H12N2O2/c1-7-4-3-5-8(6-7)9-10(14)12-11(15)13(9)2/h3-6,9H,1-2H3,(H,12,14,15). The second-order valence-corrected chi connectivity index (χ2v) is 3.72.